The average molecular weight is 705 g/mol. The van der Waals surface area contributed by atoms with Crippen LogP contribution in [0.4, 0.5) is 10.5 Å². The van der Waals surface area contributed by atoms with Gasteiger partial charge in [0.25, 0.3) is 0 Å². The Morgan fingerprint density at radius 2 is 1.60 bits per heavy atom. The van der Waals surface area contributed by atoms with E-state index in [1.807, 2.05) is 30.3 Å². The van der Waals surface area contributed by atoms with Gasteiger partial charge < -0.3 is 35.0 Å². The first-order valence-electron chi connectivity index (χ1n) is 17.2. The Balaban J connectivity index is 1.50. The monoisotopic (exact) mass is 704 g/mol. The van der Waals surface area contributed by atoms with E-state index in [1.165, 1.54) is 4.90 Å². The smallest absolute Gasteiger partial charge is 0.352 e. The van der Waals surface area contributed by atoms with E-state index in [-0.39, 0.29) is 37.9 Å². The molecule has 2 aromatic carbocycles. The maximum atomic E-state index is 14.0. The Morgan fingerprint density at radius 3 is 2.25 bits per heavy atom. The number of rotatable bonds is 16. The van der Waals surface area contributed by atoms with Gasteiger partial charge in [0.1, 0.15) is 11.8 Å². The zero-order chi connectivity index (χ0) is 34.5. The van der Waals surface area contributed by atoms with E-state index in [1.54, 1.807) is 38.1 Å². The molecule has 4 unspecified atom stereocenters. The molecule has 264 valence electrons. The fraction of sp³-hybridized carbons (Fsp3) is 0.571. The fourth-order valence-corrected chi connectivity index (χ4v) is 9.02. The van der Waals surface area contributed by atoms with Crippen LogP contribution in [0.3, 0.4) is 0 Å². The predicted octanol–water partition coefficient (Wildman–Crippen LogP) is 6.49. The number of hydrogen-bond acceptors (Lipinski definition) is 7. The lowest BCUT2D eigenvalue weighted by molar-refractivity contribution is -0.134. The molecule has 0 bridgehead atoms. The molecular weight excluding hydrogens is 655 g/mol. The number of urea groups is 1. The highest BCUT2D eigenvalue weighted by Crippen LogP contribution is 2.57. The Kier molecular flexibility index (Phi) is 14.8. The minimum Gasteiger partial charge on any atom is -0.390 e. The summed E-state index contributed by atoms with van der Waals surface area (Å²) in [5, 5.41) is 20.7. The second-order valence-electron chi connectivity index (χ2n) is 12.6. The van der Waals surface area contributed by atoms with Gasteiger partial charge in [-0.25, -0.2) is 4.79 Å². The summed E-state index contributed by atoms with van der Waals surface area (Å²) >= 11 is 5.98. The van der Waals surface area contributed by atoms with E-state index >= 15 is 0 Å². The molecule has 2 fully saturated rings. The number of aliphatic hydroxyl groups is 1. The van der Waals surface area contributed by atoms with Gasteiger partial charge in [-0.3, -0.25) is 14.2 Å². The molecule has 4 rings (SSSR count). The van der Waals surface area contributed by atoms with Crippen molar-refractivity contribution in [2.24, 2.45) is 5.92 Å². The van der Waals surface area contributed by atoms with Crippen molar-refractivity contribution < 1.29 is 33.1 Å². The molecule has 0 aromatic heterocycles. The third-order valence-electron chi connectivity index (χ3n) is 9.02. The molecule has 2 aliphatic rings. The molecule has 1 saturated carbocycles. The predicted molar refractivity (Wildman–Crippen MR) is 187 cm³/mol. The lowest BCUT2D eigenvalue weighted by Crippen LogP contribution is -2.55. The number of anilines is 1. The van der Waals surface area contributed by atoms with E-state index in [0.29, 0.717) is 36.5 Å². The number of nitrogens with one attached hydrogen (secondary N) is 3. The second-order valence-corrected chi connectivity index (χ2v) is 15.2. The van der Waals surface area contributed by atoms with E-state index in [2.05, 4.69) is 16.0 Å². The van der Waals surface area contributed by atoms with E-state index < -0.39 is 43.5 Å². The summed E-state index contributed by atoms with van der Waals surface area (Å²) in [6, 6.07) is 13.7. The standard InChI is InChI=1S/C35H50ClN4O7P/c1-3-46-48(45,47-4-2)33-16-11-21-40(33)32(42)24-31(41)29(22-25-12-7-5-8-13-25)38-34(43)30(23-26-14-9-6-10-15-26)39-35(44)37-28-19-17-27(36)18-20-28/h6,9-10,14-15,17-20,25,29-31,33,41H,3-5,7-8,11-13,16,21-24H2,1-2H3,(H,38,43)(H2,37,39,44). The highest BCUT2D eigenvalue weighted by atomic mass is 35.5. The Morgan fingerprint density at radius 1 is 0.938 bits per heavy atom. The quantitative estimate of drug-likeness (QED) is 0.146. The largest absolute Gasteiger partial charge is 0.390 e. The van der Waals surface area contributed by atoms with Gasteiger partial charge in [0.15, 0.2) is 0 Å². The molecule has 48 heavy (non-hydrogen) atoms. The third kappa shape index (κ3) is 11.0. The summed E-state index contributed by atoms with van der Waals surface area (Å²) in [4.78, 5) is 42.2. The normalized spacial score (nSPS) is 18.9. The Hall–Kier alpha value is -2.95. The summed E-state index contributed by atoms with van der Waals surface area (Å²) in [7, 11) is -3.58. The molecule has 1 saturated heterocycles. The van der Waals surface area contributed by atoms with Crippen molar-refractivity contribution in [2.45, 2.75) is 102 Å². The minimum absolute atomic E-state index is 0.184. The zero-order valence-electron chi connectivity index (χ0n) is 27.9. The van der Waals surface area contributed by atoms with Crippen LogP contribution < -0.4 is 16.0 Å². The molecular formula is C35H50ClN4O7P. The van der Waals surface area contributed by atoms with Gasteiger partial charge in [0.2, 0.25) is 11.8 Å². The van der Waals surface area contributed by atoms with Crippen LogP contribution >= 0.6 is 19.2 Å². The van der Waals surface area contributed by atoms with E-state index in [4.69, 9.17) is 20.6 Å². The molecule has 4 amide bonds. The molecule has 13 heteroatoms. The van der Waals surface area contributed by atoms with Crippen LogP contribution in [0.2, 0.25) is 5.02 Å². The highest BCUT2D eigenvalue weighted by molar-refractivity contribution is 7.54. The molecule has 1 aliphatic heterocycles. The van der Waals surface area contributed by atoms with Crippen molar-refractivity contribution in [3.05, 3.63) is 65.2 Å². The van der Waals surface area contributed by atoms with Crippen molar-refractivity contribution in [1.82, 2.24) is 15.5 Å². The van der Waals surface area contributed by atoms with Crippen LogP contribution in [-0.2, 0) is 29.6 Å². The molecule has 0 radical (unpaired) electrons. The molecule has 2 aromatic rings. The van der Waals surface area contributed by atoms with Gasteiger partial charge in [-0.1, -0.05) is 74.0 Å². The number of aliphatic hydroxyl groups excluding tert-OH is 1. The summed E-state index contributed by atoms with van der Waals surface area (Å²) < 4.78 is 24.7. The van der Waals surface area contributed by atoms with Gasteiger partial charge in [0.05, 0.1) is 31.8 Å². The van der Waals surface area contributed by atoms with Crippen molar-refractivity contribution in [3.8, 4) is 0 Å². The van der Waals surface area contributed by atoms with Crippen molar-refractivity contribution in [2.75, 3.05) is 25.1 Å². The first-order chi connectivity index (χ1) is 23.1. The number of halogens is 1. The zero-order valence-corrected chi connectivity index (χ0v) is 29.6. The molecule has 4 atom stereocenters. The molecule has 1 aliphatic carbocycles. The first-order valence-corrected chi connectivity index (χ1v) is 19.1. The third-order valence-corrected chi connectivity index (χ3v) is 11.8. The SMILES string of the molecule is CCOP(=O)(OCC)C1CCCN1C(=O)CC(O)C(CC1CCCCC1)NC(=O)C(Cc1ccccc1)NC(=O)Nc1ccc(Cl)cc1. The molecule has 11 nitrogen and oxygen atoms in total. The van der Waals surface area contributed by atoms with Gasteiger partial charge in [0, 0.05) is 23.7 Å². The molecule has 1 heterocycles. The Bertz CT molecular complexity index is 1370. The number of carbonyl (C=O) groups is 3. The number of benzene rings is 2. The van der Waals surface area contributed by atoms with Crippen molar-refractivity contribution in [1.29, 1.82) is 0 Å². The van der Waals surface area contributed by atoms with Crippen LogP contribution in [0.15, 0.2) is 54.6 Å². The average Bonchev–Trinajstić information content (AvgIpc) is 3.58. The second kappa shape index (κ2) is 18.7. The number of hydrogen-bond donors (Lipinski definition) is 4. The van der Waals surface area contributed by atoms with Crippen molar-refractivity contribution in [3.63, 3.8) is 0 Å². The molecule has 4 N–H and O–H groups in total. The fourth-order valence-electron chi connectivity index (χ4n) is 6.67. The van der Waals surface area contributed by atoms with Gasteiger partial charge in [-0.2, -0.15) is 0 Å². The lowest BCUT2D eigenvalue weighted by Gasteiger charge is -2.33. The van der Waals surface area contributed by atoms with Crippen LogP contribution in [0.1, 0.15) is 77.2 Å². The summed E-state index contributed by atoms with van der Waals surface area (Å²) in [6.45, 7) is 4.21. The number of amides is 4. The number of nitrogens with zero attached hydrogens (tertiary/aromatic N) is 1. The maximum Gasteiger partial charge on any atom is 0.352 e. The summed E-state index contributed by atoms with van der Waals surface area (Å²) in [6.07, 6.45) is 5.60. The van der Waals surface area contributed by atoms with Crippen molar-refractivity contribution >= 4 is 42.7 Å². The van der Waals surface area contributed by atoms with E-state index in [9.17, 15) is 24.1 Å². The van der Waals surface area contributed by atoms with E-state index in [0.717, 1.165) is 37.7 Å². The molecule has 0 spiro atoms. The highest BCUT2D eigenvalue weighted by Gasteiger charge is 2.45. The summed E-state index contributed by atoms with van der Waals surface area (Å²) in [5.74, 6) is -1.28. The van der Waals surface area contributed by atoms with Crippen LogP contribution in [0.25, 0.3) is 0 Å². The lowest BCUT2D eigenvalue weighted by atomic mass is 9.83. The summed E-state index contributed by atoms with van der Waals surface area (Å²) in [5.41, 5.74) is 1.36. The number of carbonyl (C=O) groups excluding carboxylic acids is 3. The number of likely N-dealkylation sites (tertiary alicyclic amines) is 1. The van der Waals surface area contributed by atoms with Gasteiger partial charge in [-0.15, -0.1) is 0 Å². The first kappa shape index (κ1) is 37.9. The van der Waals surface area contributed by atoms with Crippen LogP contribution in [0.5, 0.6) is 0 Å². The van der Waals surface area contributed by atoms with Crippen LogP contribution in [-0.4, -0.2) is 71.6 Å². The maximum absolute atomic E-state index is 14.0. The van der Waals surface area contributed by atoms with Gasteiger partial charge >= 0.3 is 13.6 Å². The Labute approximate surface area is 289 Å². The topological polar surface area (TPSA) is 146 Å². The minimum atomic E-state index is -3.58. The van der Waals surface area contributed by atoms with Crippen LogP contribution in [0, 0.1) is 5.92 Å². The van der Waals surface area contributed by atoms with Gasteiger partial charge in [-0.05, 0) is 68.9 Å².